The molecule has 17 heavy (non-hydrogen) atoms. The first-order valence-corrected chi connectivity index (χ1v) is 6.95. The molecule has 1 N–H and O–H groups in total. The molecule has 0 aromatic carbocycles. The van der Waals surface area contributed by atoms with Gasteiger partial charge in [-0.05, 0) is 65.6 Å². The van der Waals surface area contributed by atoms with Crippen LogP contribution in [0.2, 0.25) is 0 Å². The summed E-state index contributed by atoms with van der Waals surface area (Å²) in [5, 5.41) is 3.53. The maximum atomic E-state index is 3.53. The van der Waals surface area contributed by atoms with Crippen molar-refractivity contribution in [3.05, 3.63) is 0 Å². The predicted octanol–water partition coefficient (Wildman–Crippen LogP) is 1.75. The van der Waals surface area contributed by atoms with Gasteiger partial charge in [0.05, 0.1) is 0 Å². The minimum atomic E-state index is 0.734. The molecule has 104 valence electrons. The first-order valence-electron chi connectivity index (χ1n) is 6.95. The summed E-state index contributed by atoms with van der Waals surface area (Å²) in [5.41, 5.74) is 0. The Labute approximate surface area is 109 Å². The Morgan fingerprint density at radius 1 is 0.941 bits per heavy atom. The highest BCUT2D eigenvalue weighted by Crippen LogP contribution is 1.99. The molecule has 1 atom stereocenters. The Hall–Kier alpha value is -0.120. The van der Waals surface area contributed by atoms with Crippen molar-refractivity contribution in [3.63, 3.8) is 0 Å². The van der Waals surface area contributed by atoms with E-state index in [0.717, 1.165) is 24.9 Å². The zero-order chi connectivity index (χ0) is 13.3. The van der Waals surface area contributed by atoms with Crippen LogP contribution in [-0.2, 0) is 0 Å². The maximum Gasteiger partial charge on any atom is 0.00161 e. The van der Waals surface area contributed by atoms with Gasteiger partial charge in [-0.3, -0.25) is 0 Å². The summed E-state index contributed by atoms with van der Waals surface area (Å²) in [5.74, 6) is 1.48. The Bertz CT molecular complexity index is 151. The molecular formula is C14H33N3. The third kappa shape index (κ3) is 12.1. The van der Waals surface area contributed by atoms with Crippen molar-refractivity contribution < 1.29 is 0 Å². The minimum Gasteiger partial charge on any atom is -0.316 e. The second kappa shape index (κ2) is 9.86. The molecule has 0 heterocycles. The summed E-state index contributed by atoms with van der Waals surface area (Å²) in [7, 11) is 6.51. The van der Waals surface area contributed by atoms with Crippen LogP contribution in [0.3, 0.4) is 0 Å². The lowest BCUT2D eigenvalue weighted by Gasteiger charge is -2.22. The van der Waals surface area contributed by atoms with Gasteiger partial charge in [0.15, 0.2) is 0 Å². The van der Waals surface area contributed by atoms with Gasteiger partial charge in [-0.15, -0.1) is 0 Å². The zero-order valence-corrected chi connectivity index (χ0v) is 12.8. The molecule has 0 amide bonds. The molecule has 0 aromatic rings. The van der Waals surface area contributed by atoms with Crippen molar-refractivity contribution in [1.29, 1.82) is 0 Å². The lowest BCUT2D eigenvalue weighted by atomic mass is 10.1. The van der Waals surface area contributed by atoms with Crippen LogP contribution in [0.15, 0.2) is 0 Å². The van der Waals surface area contributed by atoms with Gasteiger partial charge >= 0.3 is 0 Å². The van der Waals surface area contributed by atoms with Gasteiger partial charge in [-0.25, -0.2) is 0 Å². The van der Waals surface area contributed by atoms with E-state index in [1.165, 1.54) is 26.1 Å². The largest absolute Gasteiger partial charge is 0.316 e. The van der Waals surface area contributed by atoms with Crippen LogP contribution in [0.1, 0.15) is 27.2 Å². The number of nitrogens with zero attached hydrogens (tertiary/aromatic N) is 2. The van der Waals surface area contributed by atoms with E-state index < -0.39 is 0 Å². The summed E-state index contributed by atoms with van der Waals surface area (Å²) >= 11 is 0. The van der Waals surface area contributed by atoms with Crippen LogP contribution in [0, 0.1) is 11.8 Å². The van der Waals surface area contributed by atoms with Crippen LogP contribution < -0.4 is 5.32 Å². The molecule has 0 saturated carbocycles. The van der Waals surface area contributed by atoms with Crippen LogP contribution in [0.25, 0.3) is 0 Å². The Balaban J connectivity index is 3.48. The van der Waals surface area contributed by atoms with Gasteiger partial charge in [-0.2, -0.15) is 0 Å². The van der Waals surface area contributed by atoms with E-state index in [1.54, 1.807) is 0 Å². The van der Waals surface area contributed by atoms with E-state index in [9.17, 15) is 0 Å². The molecule has 0 radical (unpaired) electrons. The smallest absolute Gasteiger partial charge is 0.00161 e. The normalized spacial score (nSPS) is 13.9. The van der Waals surface area contributed by atoms with Crippen molar-refractivity contribution in [2.45, 2.75) is 27.2 Å². The van der Waals surface area contributed by atoms with Crippen molar-refractivity contribution in [2.24, 2.45) is 11.8 Å². The topological polar surface area (TPSA) is 18.5 Å². The quantitative estimate of drug-likeness (QED) is 0.631. The summed E-state index contributed by atoms with van der Waals surface area (Å²) in [6.45, 7) is 12.7. The number of hydrogen-bond acceptors (Lipinski definition) is 3. The van der Waals surface area contributed by atoms with Gasteiger partial charge < -0.3 is 15.1 Å². The van der Waals surface area contributed by atoms with Gasteiger partial charge in [0.2, 0.25) is 0 Å². The third-order valence-electron chi connectivity index (χ3n) is 2.81. The molecule has 3 heteroatoms. The van der Waals surface area contributed by atoms with E-state index in [0.29, 0.717) is 0 Å². The predicted molar refractivity (Wildman–Crippen MR) is 77.5 cm³/mol. The standard InChI is InChI=1S/C14H33N3/c1-13(2)10-15-11-14(3)12-17(6)9-7-8-16(4)5/h13-15H,7-12H2,1-6H3. The van der Waals surface area contributed by atoms with Gasteiger partial charge in [-0.1, -0.05) is 20.8 Å². The van der Waals surface area contributed by atoms with Crippen molar-refractivity contribution in [2.75, 3.05) is 53.9 Å². The fraction of sp³-hybridized carbons (Fsp3) is 1.00. The highest BCUT2D eigenvalue weighted by Gasteiger charge is 2.06. The summed E-state index contributed by atoms with van der Waals surface area (Å²) in [6.07, 6.45) is 1.26. The molecule has 0 fully saturated rings. The Morgan fingerprint density at radius 3 is 2.12 bits per heavy atom. The van der Waals surface area contributed by atoms with Crippen LogP contribution in [-0.4, -0.2) is 63.7 Å². The molecule has 0 aliphatic rings. The highest BCUT2D eigenvalue weighted by molar-refractivity contribution is 4.63. The second-order valence-electron chi connectivity index (χ2n) is 6.08. The second-order valence-corrected chi connectivity index (χ2v) is 6.08. The number of hydrogen-bond donors (Lipinski definition) is 1. The first-order chi connectivity index (χ1) is 7.91. The molecule has 0 aromatic heterocycles. The highest BCUT2D eigenvalue weighted by atomic mass is 15.1. The molecular weight excluding hydrogens is 210 g/mol. The van der Waals surface area contributed by atoms with Crippen molar-refractivity contribution >= 4 is 0 Å². The summed E-state index contributed by atoms with van der Waals surface area (Å²) in [6, 6.07) is 0. The van der Waals surface area contributed by atoms with E-state index in [-0.39, 0.29) is 0 Å². The Morgan fingerprint density at radius 2 is 1.59 bits per heavy atom. The zero-order valence-electron chi connectivity index (χ0n) is 12.8. The molecule has 0 rings (SSSR count). The average molecular weight is 243 g/mol. The van der Waals surface area contributed by atoms with E-state index in [4.69, 9.17) is 0 Å². The molecule has 0 spiro atoms. The summed E-state index contributed by atoms with van der Waals surface area (Å²) < 4.78 is 0. The van der Waals surface area contributed by atoms with Gasteiger partial charge in [0, 0.05) is 6.54 Å². The molecule has 0 aliphatic carbocycles. The number of nitrogens with one attached hydrogen (secondary N) is 1. The lowest BCUT2D eigenvalue weighted by molar-refractivity contribution is 0.262. The van der Waals surface area contributed by atoms with E-state index >= 15 is 0 Å². The molecule has 0 saturated heterocycles. The fourth-order valence-electron chi connectivity index (χ4n) is 1.96. The van der Waals surface area contributed by atoms with Crippen LogP contribution in [0.5, 0.6) is 0 Å². The number of rotatable bonds is 10. The maximum absolute atomic E-state index is 3.53. The monoisotopic (exact) mass is 243 g/mol. The minimum absolute atomic E-state index is 0.734. The SMILES string of the molecule is CC(C)CNCC(C)CN(C)CCCN(C)C. The van der Waals surface area contributed by atoms with E-state index in [2.05, 4.69) is 57.0 Å². The fourth-order valence-corrected chi connectivity index (χ4v) is 1.96. The van der Waals surface area contributed by atoms with Crippen LogP contribution in [0.4, 0.5) is 0 Å². The molecule has 1 unspecified atom stereocenters. The molecule has 0 bridgehead atoms. The molecule has 0 aliphatic heterocycles. The third-order valence-corrected chi connectivity index (χ3v) is 2.81. The Kier molecular flexibility index (Phi) is 9.79. The van der Waals surface area contributed by atoms with Gasteiger partial charge in [0.1, 0.15) is 0 Å². The lowest BCUT2D eigenvalue weighted by Crippen LogP contribution is -2.33. The first kappa shape index (κ1) is 16.9. The van der Waals surface area contributed by atoms with Gasteiger partial charge in [0.25, 0.3) is 0 Å². The van der Waals surface area contributed by atoms with E-state index in [1.807, 2.05) is 0 Å². The van der Waals surface area contributed by atoms with Crippen LogP contribution >= 0.6 is 0 Å². The molecule has 3 nitrogen and oxygen atoms in total. The summed E-state index contributed by atoms with van der Waals surface area (Å²) in [4.78, 5) is 4.70. The van der Waals surface area contributed by atoms with Crippen molar-refractivity contribution in [1.82, 2.24) is 15.1 Å². The van der Waals surface area contributed by atoms with Crippen molar-refractivity contribution in [3.8, 4) is 0 Å². The average Bonchev–Trinajstić information content (AvgIpc) is 2.15.